The molecule has 1 aliphatic rings. The standard InChI is InChI=1S/C22H20ClF2N3O4S/c23-16-3-1-15(2-4-16)19-14-26-21(32-19)7-8-22(29)27-9-11-28(12-10-27)33(30,31)20-13-17(24)5-6-18(20)25/h1-6,13-14H,7-12H2. The molecule has 0 atom stereocenters. The summed E-state index contributed by atoms with van der Waals surface area (Å²) < 4.78 is 59.5. The van der Waals surface area contributed by atoms with Gasteiger partial charge in [-0.3, -0.25) is 4.79 Å². The number of rotatable bonds is 6. The highest BCUT2D eigenvalue weighted by Crippen LogP contribution is 2.24. The molecule has 0 aliphatic carbocycles. The zero-order chi connectivity index (χ0) is 23.6. The van der Waals surface area contributed by atoms with Gasteiger partial charge in [-0.2, -0.15) is 4.31 Å². The fourth-order valence-corrected chi connectivity index (χ4v) is 5.16. The summed E-state index contributed by atoms with van der Waals surface area (Å²) >= 11 is 5.88. The Morgan fingerprint density at radius 1 is 1.06 bits per heavy atom. The maximum Gasteiger partial charge on any atom is 0.246 e. The second kappa shape index (κ2) is 9.58. The van der Waals surface area contributed by atoms with E-state index in [2.05, 4.69) is 4.98 Å². The van der Waals surface area contributed by atoms with Gasteiger partial charge in [0.1, 0.15) is 16.5 Å². The number of sulfonamides is 1. The zero-order valence-corrected chi connectivity index (χ0v) is 19.0. The summed E-state index contributed by atoms with van der Waals surface area (Å²) in [5.41, 5.74) is 0.816. The lowest BCUT2D eigenvalue weighted by molar-refractivity contribution is -0.132. The van der Waals surface area contributed by atoms with Crippen LogP contribution < -0.4 is 0 Å². The third kappa shape index (κ3) is 5.23. The van der Waals surface area contributed by atoms with Crippen molar-refractivity contribution in [2.45, 2.75) is 17.7 Å². The molecule has 3 aromatic rings. The molecule has 174 valence electrons. The number of aryl methyl sites for hydroxylation is 1. The zero-order valence-electron chi connectivity index (χ0n) is 17.4. The minimum atomic E-state index is -4.20. The number of hydrogen-bond donors (Lipinski definition) is 0. The molecule has 0 radical (unpaired) electrons. The molecule has 0 bridgehead atoms. The van der Waals surface area contributed by atoms with E-state index < -0.39 is 26.6 Å². The van der Waals surface area contributed by atoms with E-state index in [4.69, 9.17) is 16.0 Å². The SMILES string of the molecule is O=C(CCc1ncc(-c2ccc(Cl)cc2)o1)N1CCN(S(=O)(=O)c2cc(F)ccc2F)CC1. The average Bonchev–Trinajstić information content (AvgIpc) is 3.28. The Morgan fingerprint density at radius 2 is 1.76 bits per heavy atom. The van der Waals surface area contributed by atoms with Crippen LogP contribution in [0.5, 0.6) is 0 Å². The molecule has 0 spiro atoms. The quantitative estimate of drug-likeness (QED) is 0.520. The normalized spacial score (nSPS) is 15.1. The van der Waals surface area contributed by atoms with Crippen LogP contribution >= 0.6 is 11.6 Å². The maximum atomic E-state index is 14.0. The van der Waals surface area contributed by atoms with Crippen LogP contribution in [0.4, 0.5) is 8.78 Å². The molecular weight excluding hydrogens is 476 g/mol. The predicted octanol–water partition coefficient (Wildman–Crippen LogP) is 3.74. The van der Waals surface area contributed by atoms with Gasteiger partial charge in [0.15, 0.2) is 11.7 Å². The summed E-state index contributed by atoms with van der Waals surface area (Å²) in [6.45, 7) is 0.278. The molecule has 1 aromatic heterocycles. The number of carbonyl (C=O) groups excluding carboxylic acids is 1. The molecule has 0 unspecified atom stereocenters. The molecular formula is C22H20ClF2N3O4S. The van der Waals surface area contributed by atoms with Crippen molar-refractivity contribution in [3.05, 3.63) is 71.2 Å². The molecule has 1 saturated heterocycles. The van der Waals surface area contributed by atoms with Gasteiger partial charge in [-0.05, 0) is 42.5 Å². The highest BCUT2D eigenvalue weighted by atomic mass is 35.5. The van der Waals surface area contributed by atoms with Crippen molar-refractivity contribution in [1.82, 2.24) is 14.2 Å². The van der Waals surface area contributed by atoms with Crippen molar-refractivity contribution < 1.29 is 26.4 Å². The summed E-state index contributed by atoms with van der Waals surface area (Å²) in [5.74, 6) is -1.04. The Balaban J connectivity index is 1.32. The lowest BCUT2D eigenvalue weighted by atomic mass is 10.2. The summed E-state index contributed by atoms with van der Waals surface area (Å²) in [7, 11) is -4.20. The Labute approximate surface area is 194 Å². The van der Waals surface area contributed by atoms with Gasteiger partial charge in [0.25, 0.3) is 0 Å². The number of hydrogen-bond acceptors (Lipinski definition) is 5. The van der Waals surface area contributed by atoms with Gasteiger partial charge < -0.3 is 9.32 Å². The van der Waals surface area contributed by atoms with Crippen LogP contribution in [0.2, 0.25) is 5.02 Å². The van der Waals surface area contributed by atoms with Gasteiger partial charge in [-0.1, -0.05) is 11.6 Å². The number of amides is 1. The second-order valence-corrected chi connectivity index (χ2v) is 9.83. The first-order valence-electron chi connectivity index (χ1n) is 10.2. The lowest BCUT2D eigenvalue weighted by Gasteiger charge is -2.34. The van der Waals surface area contributed by atoms with Crippen molar-refractivity contribution in [1.29, 1.82) is 0 Å². The minimum absolute atomic E-state index is 0.0102. The first-order chi connectivity index (χ1) is 15.7. The van der Waals surface area contributed by atoms with E-state index in [1.165, 1.54) is 4.90 Å². The average molecular weight is 496 g/mol. The Kier molecular flexibility index (Phi) is 6.78. The van der Waals surface area contributed by atoms with Crippen molar-refractivity contribution in [2.24, 2.45) is 0 Å². The summed E-state index contributed by atoms with van der Waals surface area (Å²) in [4.78, 5) is 17.6. The number of halogens is 3. The molecule has 33 heavy (non-hydrogen) atoms. The third-order valence-electron chi connectivity index (χ3n) is 5.34. The van der Waals surface area contributed by atoms with E-state index >= 15 is 0 Å². The largest absolute Gasteiger partial charge is 0.441 e. The van der Waals surface area contributed by atoms with Crippen LogP contribution in [-0.2, 0) is 21.2 Å². The number of carbonyl (C=O) groups is 1. The molecule has 7 nitrogen and oxygen atoms in total. The minimum Gasteiger partial charge on any atom is -0.441 e. The highest BCUT2D eigenvalue weighted by Gasteiger charge is 2.32. The number of piperazine rings is 1. The van der Waals surface area contributed by atoms with Gasteiger partial charge in [0, 0.05) is 49.6 Å². The van der Waals surface area contributed by atoms with Gasteiger partial charge >= 0.3 is 0 Å². The molecule has 2 heterocycles. The molecule has 1 fully saturated rings. The van der Waals surface area contributed by atoms with Crippen LogP contribution in [0.25, 0.3) is 11.3 Å². The number of aromatic nitrogens is 1. The van der Waals surface area contributed by atoms with Crippen molar-refractivity contribution in [2.75, 3.05) is 26.2 Å². The monoisotopic (exact) mass is 495 g/mol. The number of nitrogens with zero attached hydrogens (tertiary/aromatic N) is 3. The fourth-order valence-electron chi connectivity index (χ4n) is 3.54. The van der Waals surface area contributed by atoms with Crippen molar-refractivity contribution >= 4 is 27.5 Å². The van der Waals surface area contributed by atoms with E-state index in [-0.39, 0.29) is 38.5 Å². The van der Waals surface area contributed by atoms with E-state index in [1.54, 1.807) is 30.5 Å². The first-order valence-corrected chi connectivity index (χ1v) is 12.0. The van der Waals surface area contributed by atoms with Gasteiger partial charge in [-0.25, -0.2) is 22.2 Å². The molecule has 4 rings (SSSR count). The fraction of sp³-hybridized carbons (Fsp3) is 0.273. The molecule has 2 aromatic carbocycles. The Hall–Kier alpha value is -2.82. The number of benzene rings is 2. The summed E-state index contributed by atoms with van der Waals surface area (Å²) in [5, 5.41) is 0.609. The second-order valence-electron chi connectivity index (χ2n) is 7.48. The van der Waals surface area contributed by atoms with Gasteiger partial charge in [0.05, 0.1) is 6.20 Å². The van der Waals surface area contributed by atoms with Gasteiger partial charge in [-0.15, -0.1) is 0 Å². The Morgan fingerprint density at radius 3 is 2.45 bits per heavy atom. The van der Waals surface area contributed by atoms with E-state index in [0.717, 1.165) is 22.0 Å². The third-order valence-corrected chi connectivity index (χ3v) is 7.50. The van der Waals surface area contributed by atoms with Gasteiger partial charge in [0.2, 0.25) is 15.9 Å². The predicted molar refractivity (Wildman–Crippen MR) is 117 cm³/mol. The summed E-state index contributed by atoms with van der Waals surface area (Å²) in [6.07, 6.45) is 2.02. The van der Waals surface area contributed by atoms with Crippen LogP contribution in [0.3, 0.4) is 0 Å². The molecule has 0 saturated carbocycles. The molecule has 0 N–H and O–H groups in total. The van der Waals surface area contributed by atoms with E-state index in [0.29, 0.717) is 29.2 Å². The van der Waals surface area contributed by atoms with Crippen molar-refractivity contribution in [3.63, 3.8) is 0 Å². The van der Waals surface area contributed by atoms with Crippen LogP contribution in [0.15, 0.2) is 58.0 Å². The van der Waals surface area contributed by atoms with E-state index in [1.807, 2.05) is 0 Å². The van der Waals surface area contributed by atoms with Crippen molar-refractivity contribution in [3.8, 4) is 11.3 Å². The first kappa shape index (κ1) is 23.3. The number of oxazole rings is 1. The Bertz CT molecular complexity index is 1260. The smallest absolute Gasteiger partial charge is 0.246 e. The van der Waals surface area contributed by atoms with Crippen LogP contribution in [-0.4, -0.2) is 54.7 Å². The molecule has 1 aliphatic heterocycles. The van der Waals surface area contributed by atoms with E-state index in [9.17, 15) is 22.0 Å². The summed E-state index contributed by atoms with van der Waals surface area (Å²) in [6, 6.07) is 9.40. The lowest BCUT2D eigenvalue weighted by Crippen LogP contribution is -2.50. The maximum absolute atomic E-state index is 14.0. The topological polar surface area (TPSA) is 83.7 Å². The molecule has 1 amide bonds. The van der Waals surface area contributed by atoms with Crippen LogP contribution in [0, 0.1) is 11.6 Å². The molecule has 11 heteroatoms. The van der Waals surface area contributed by atoms with Crippen LogP contribution in [0.1, 0.15) is 12.3 Å². The highest BCUT2D eigenvalue weighted by molar-refractivity contribution is 7.89.